The van der Waals surface area contributed by atoms with Crippen molar-refractivity contribution in [2.45, 2.75) is 25.3 Å². The zero-order chi connectivity index (χ0) is 17.2. The van der Waals surface area contributed by atoms with Gasteiger partial charge in [-0.2, -0.15) is 0 Å². The van der Waals surface area contributed by atoms with Gasteiger partial charge in [-0.25, -0.2) is 0 Å². The van der Waals surface area contributed by atoms with Gasteiger partial charge in [-0.15, -0.1) is 0 Å². The second-order valence-electron chi connectivity index (χ2n) is 7.12. The highest BCUT2D eigenvalue weighted by molar-refractivity contribution is 7.80. The lowest BCUT2D eigenvalue weighted by Gasteiger charge is -2.45. The third-order valence-corrected chi connectivity index (χ3v) is 5.89. The molecule has 1 aromatic carbocycles. The van der Waals surface area contributed by atoms with Gasteiger partial charge in [0, 0.05) is 36.2 Å². The van der Waals surface area contributed by atoms with Crippen LogP contribution in [0.25, 0.3) is 10.9 Å². The minimum Gasteiger partial charge on any atom is -0.497 e. The van der Waals surface area contributed by atoms with Crippen molar-refractivity contribution in [1.82, 2.24) is 20.5 Å². The summed E-state index contributed by atoms with van der Waals surface area (Å²) in [7, 11) is 1.70. The first kappa shape index (κ1) is 16.7. The van der Waals surface area contributed by atoms with Crippen LogP contribution in [0.5, 0.6) is 5.75 Å². The number of nitrogens with zero attached hydrogens (tertiary/aromatic N) is 1. The Kier molecular flexibility index (Phi) is 4.81. The van der Waals surface area contributed by atoms with Crippen molar-refractivity contribution in [3.63, 3.8) is 0 Å². The number of thiocarbonyl (C=S) groups is 1. The topological polar surface area (TPSA) is 52.3 Å². The molecule has 3 aliphatic rings. The van der Waals surface area contributed by atoms with Gasteiger partial charge in [0.1, 0.15) is 5.75 Å². The lowest BCUT2D eigenvalue weighted by atomic mass is 9.84. The number of piperidine rings is 3. The van der Waals surface area contributed by atoms with Crippen LogP contribution in [-0.2, 0) is 6.42 Å². The summed E-state index contributed by atoms with van der Waals surface area (Å²) in [6.45, 7) is 4.48. The molecule has 5 nitrogen and oxygen atoms in total. The highest BCUT2D eigenvalue weighted by atomic mass is 32.1. The monoisotopic (exact) mass is 358 g/mol. The second-order valence-corrected chi connectivity index (χ2v) is 7.53. The summed E-state index contributed by atoms with van der Waals surface area (Å²) >= 11 is 5.51. The van der Waals surface area contributed by atoms with Crippen LogP contribution in [0.3, 0.4) is 0 Å². The average molecular weight is 359 g/mol. The van der Waals surface area contributed by atoms with E-state index in [-0.39, 0.29) is 0 Å². The molecule has 4 heterocycles. The van der Waals surface area contributed by atoms with Gasteiger partial charge in [0.2, 0.25) is 0 Å². The number of methoxy groups -OCH3 is 1. The van der Waals surface area contributed by atoms with Crippen molar-refractivity contribution < 1.29 is 4.74 Å². The maximum atomic E-state index is 5.51. The van der Waals surface area contributed by atoms with Crippen LogP contribution in [0.4, 0.5) is 0 Å². The molecule has 134 valence electrons. The number of ether oxygens (including phenoxy) is 1. The lowest BCUT2D eigenvalue weighted by Crippen LogP contribution is -2.58. The fraction of sp³-hybridized carbons (Fsp3) is 0.526. The molecule has 1 aromatic heterocycles. The van der Waals surface area contributed by atoms with Gasteiger partial charge >= 0.3 is 0 Å². The summed E-state index contributed by atoms with van der Waals surface area (Å²) < 4.78 is 5.33. The number of nitrogens with one attached hydrogen (secondary N) is 3. The van der Waals surface area contributed by atoms with Crippen LogP contribution in [0.1, 0.15) is 18.4 Å². The third kappa shape index (κ3) is 3.60. The predicted molar refractivity (Wildman–Crippen MR) is 105 cm³/mol. The molecule has 0 unspecified atom stereocenters. The smallest absolute Gasteiger partial charge is 0.166 e. The molecular formula is C19H26N4OS. The van der Waals surface area contributed by atoms with Crippen molar-refractivity contribution in [1.29, 1.82) is 0 Å². The number of H-pyrrole nitrogens is 1. The Morgan fingerprint density at radius 3 is 2.92 bits per heavy atom. The van der Waals surface area contributed by atoms with E-state index in [9.17, 15) is 0 Å². The number of fused-ring (bicyclic) bond motifs is 4. The third-order valence-electron chi connectivity index (χ3n) is 5.63. The summed E-state index contributed by atoms with van der Waals surface area (Å²) in [4.78, 5) is 5.87. The first-order valence-corrected chi connectivity index (χ1v) is 9.54. The van der Waals surface area contributed by atoms with Crippen LogP contribution in [0.15, 0.2) is 24.4 Å². The van der Waals surface area contributed by atoms with E-state index in [0.717, 1.165) is 41.8 Å². The van der Waals surface area contributed by atoms with Crippen molar-refractivity contribution in [2.24, 2.45) is 5.92 Å². The fourth-order valence-electron chi connectivity index (χ4n) is 4.15. The maximum Gasteiger partial charge on any atom is 0.166 e. The maximum absolute atomic E-state index is 5.51. The van der Waals surface area contributed by atoms with Crippen molar-refractivity contribution >= 4 is 28.2 Å². The Morgan fingerprint density at radius 1 is 1.36 bits per heavy atom. The molecule has 25 heavy (non-hydrogen) atoms. The Hall–Kier alpha value is -1.79. The zero-order valence-electron chi connectivity index (χ0n) is 14.7. The van der Waals surface area contributed by atoms with Crippen LogP contribution >= 0.6 is 12.2 Å². The largest absolute Gasteiger partial charge is 0.497 e. The minimum atomic E-state index is 0.514. The van der Waals surface area contributed by atoms with Gasteiger partial charge in [0.05, 0.1) is 7.11 Å². The highest BCUT2D eigenvalue weighted by Gasteiger charge is 2.34. The predicted octanol–water partition coefficient (Wildman–Crippen LogP) is 2.28. The first-order valence-electron chi connectivity index (χ1n) is 9.13. The van der Waals surface area contributed by atoms with E-state index in [1.54, 1.807) is 7.11 Å². The standard InChI is InChI=1S/C19H26N4OS/c1-24-15-2-3-17-16(10-15)14(11-21-17)4-7-20-19(25)22-18-12-23-8-5-13(18)6-9-23/h2-3,10-11,13,18,21H,4-9,12H2,1H3,(H2,20,22,25)/t18-/m0/s1. The van der Waals surface area contributed by atoms with Gasteiger partial charge in [-0.3, -0.25) is 0 Å². The SMILES string of the molecule is COc1ccc2[nH]cc(CCNC(=S)N[C@H]3CN4CCC3CC4)c2c1. The zero-order valence-corrected chi connectivity index (χ0v) is 15.5. The Labute approximate surface area is 154 Å². The molecule has 3 aliphatic heterocycles. The molecule has 5 rings (SSSR count). The molecular weight excluding hydrogens is 332 g/mol. The summed E-state index contributed by atoms with van der Waals surface area (Å²) in [6.07, 6.45) is 5.61. The Balaban J connectivity index is 1.29. The molecule has 3 N–H and O–H groups in total. The number of benzene rings is 1. The Morgan fingerprint density at radius 2 is 2.20 bits per heavy atom. The molecule has 1 atom stereocenters. The average Bonchev–Trinajstić information content (AvgIpc) is 3.05. The van der Waals surface area contributed by atoms with Crippen LogP contribution in [0, 0.1) is 5.92 Å². The van der Waals surface area contributed by atoms with E-state index in [1.165, 1.54) is 36.9 Å². The first-order chi connectivity index (χ1) is 12.2. The minimum absolute atomic E-state index is 0.514. The van der Waals surface area contributed by atoms with Crippen molar-refractivity contribution in [3.05, 3.63) is 30.0 Å². The number of hydrogen-bond acceptors (Lipinski definition) is 3. The highest BCUT2D eigenvalue weighted by Crippen LogP contribution is 2.27. The summed E-state index contributed by atoms with van der Waals surface area (Å²) in [5, 5.41) is 8.92. The second kappa shape index (κ2) is 7.22. The summed E-state index contributed by atoms with van der Waals surface area (Å²) in [6, 6.07) is 6.64. The molecule has 0 spiro atoms. The summed E-state index contributed by atoms with van der Waals surface area (Å²) in [5.41, 5.74) is 2.43. The van der Waals surface area contributed by atoms with Crippen LogP contribution < -0.4 is 15.4 Å². The molecule has 0 saturated carbocycles. The molecule has 2 aromatic rings. The number of aromatic amines is 1. The van der Waals surface area contributed by atoms with Gasteiger partial charge in [-0.1, -0.05) is 0 Å². The van der Waals surface area contributed by atoms with E-state index in [1.807, 2.05) is 6.07 Å². The molecule has 2 bridgehead atoms. The van der Waals surface area contributed by atoms with E-state index < -0.39 is 0 Å². The molecule has 6 heteroatoms. The van der Waals surface area contributed by atoms with Crippen molar-refractivity contribution in [3.8, 4) is 5.75 Å². The van der Waals surface area contributed by atoms with E-state index in [4.69, 9.17) is 17.0 Å². The molecule has 3 fully saturated rings. The number of aromatic nitrogens is 1. The van der Waals surface area contributed by atoms with Gasteiger partial charge in [0.15, 0.2) is 5.11 Å². The van der Waals surface area contributed by atoms with Gasteiger partial charge in [0.25, 0.3) is 0 Å². The van der Waals surface area contributed by atoms with Crippen LogP contribution in [0.2, 0.25) is 0 Å². The normalized spacial score (nSPS) is 25.1. The molecule has 0 aliphatic carbocycles. The van der Waals surface area contributed by atoms with E-state index in [2.05, 4.69) is 38.8 Å². The molecule has 3 saturated heterocycles. The van der Waals surface area contributed by atoms with Crippen molar-refractivity contribution in [2.75, 3.05) is 33.3 Å². The van der Waals surface area contributed by atoms with E-state index in [0.29, 0.717) is 6.04 Å². The Bertz CT molecular complexity index is 751. The molecule has 0 radical (unpaired) electrons. The number of rotatable bonds is 5. The number of hydrogen-bond donors (Lipinski definition) is 3. The lowest BCUT2D eigenvalue weighted by molar-refractivity contribution is 0.0812. The molecule has 0 amide bonds. The quantitative estimate of drug-likeness (QED) is 0.716. The fourth-order valence-corrected chi connectivity index (χ4v) is 4.40. The van der Waals surface area contributed by atoms with Crippen LogP contribution in [-0.4, -0.2) is 54.3 Å². The summed E-state index contributed by atoms with van der Waals surface area (Å²) in [5.74, 6) is 1.67. The van der Waals surface area contributed by atoms with Gasteiger partial charge < -0.3 is 25.3 Å². The van der Waals surface area contributed by atoms with E-state index >= 15 is 0 Å². The van der Waals surface area contributed by atoms with Gasteiger partial charge in [-0.05, 0) is 74.3 Å².